The first-order valence-corrected chi connectivity index (χ1v) is 5.50. The van der Waals surface area contributed by atoms with Gasteiger partial charge in [0, 0.05) is 18.1 Å². The summed E-state index contributed by atoms with van der Waals surface area (Å²) in [6.07, 6.45) is 0.289. The normalized spacial score (nSPS) is 22.5. The van der Waals surface area contributed by atoms with Gasteiger partial charge in [-0.2, -0.15) is 0 Å². The minimum absolute atomic E-state index is 0.209. The molecule has 1 fully saturated rings. The second kappa shape index (κ2) is 5.06. The third-order valence-electron chi connectivity index (χ3n) is 3.03. The molecule has 0 aliphatic carbocycles. The fraction of sp³-hybridized carbons (Fsp3) is 0.500. The molecule has 1 aromatic rings. The zero-order chi connectivity index (χ0) is 12.4. The van der Waals surface area contributed by atoms with Gasteiger partial charge >= 0.3 is 0 Å². The summed E-state index contributed by atoms with van der Waals surface area (Å²) in [5, 5.41) is 9.93. The molecule has 2 rings (SSSR count). The Labute approximate surface area is 97.0 Å². The van der Waals surface area contributed by atoms with E-state index in [1.807, 2.05) is 0 Å². The lowest BCUT2D eigenvalue weighted by Crippen LogP contribution is -2.24. The van der Waals surface area contributed by atoms with Gasteiger partial charge in [0.2, 0.25) is 0 Å². The number of hydrogen-bond acceptors (Lipinski definition) is 2. The standard InChI is InChI=1S/C12H13F3O2/c13-9-4-3-8(10(14)11(9)15)12(16)7-2-1-5-17-6-7/h3-4,7,12,16H,1-2,5-6H2. The molecule has 0 aromatic heterocycles. The molecule has 1 aromatic carbocycles. The number of hydrogen-bond donors (Lipinski definition) is 1. The SMILES string of the molecule is OC(c1ccc(F)c(F)c1F)C1CCCOC1. The molecule has 1 aliphatic rings. The van der Waals surface area contributed by atoms with Crippen LogP contribution in [0.25, 0.3) is 0 Å². The average molecular weight is 246 g/mol. The first kappa shape index (κ1) is 12.4. The Balaban J connectivity index is 2.24. The van der Waals surface area contributed by atoms with Crippen LogP contribution in [-0.2, 0) is 4.74 Å². The molecule has 0 spiro atoms. The van der Waals surface area contributed by atoms with Crippen molar-refractivity contribution in [2.24, 2.45) is 5.92 Å². The molecule has 0 bridgehead atoms. The van der Waals surface area contributed by atoms with Gasteiger partial charge in [0.15, 0.2) is 17.5 Å². The van der Waals surface area contributed by atoms with Crippen molar-refractivity contribution in [1.82, 2.24) is 0 Å². The molecule has 2 nitrogen and oxygen atoms in total. The van der Waals surface area contributed by atoms with E-state index in [0.717, 1.165) is 18.6 Å². The monoisotopic (exact) mass is 246 g/mol. The summed E-state index contributed by atoms with van der Waals surface area (Å²) in [7, 11) is 0. The lowest BCUT2D eigenvalue weighted by atomic mass is 9.91. The van der Waals surface area contributed by atoms with Crippen molar-refractivity contribution in [2.45, 2.75) is 18.9 Å². The van der Waals surface area contributed by atoms with Gasteiger partial charge in [-0.05, 0) is 18.9 Å². The van der Waals surface area contributed by atoms with E-state index in [9.17, 15) is 18.3 Å². The third-order valence-corrected chi connectivity index (χ3v) is 3.03. The summed E-state index contributed by atoms with van der Waals surface area (Å²) in [6.45, 7) is 0.920. The molecule has 0 amide bonds. The Kier molecular flexibility index (Phi) is 3.69. The molecule has 1 N–H and O–H groups in total. The van der Waals surface area contributed by atoms with E-state index in [0.29, 0.717) is 19.6 Å². The Morgan fingerprint density at radius 1 is 1.24 bits per heavy atom. The summed E-state index contributed by atoms with van der Waals surface area (Å²) in [6, 6.07) is 1.90. The van der Waals surface area contributed by atoms with E-state index in [1.165, 1.54) is 0 Å². The van der Waals surface area contributed by atoms with Gasteiger partial charge in [-0.1, -0.05) is 6.07 Å². The molecule has 0 radical (unpaired) electrons. The first-order valence-electron chi connectivity index (χ1n) is 5.50. The Morgan fingerprint density at radius 2 is 2.00 bits per heavy atom. The number of rotatable bonds is 2. The number of halogens is 3. The number of aliphatic hydroxyl groups is 1. The van der Waals surface area contributed by atoms with Gasteiger partial charge in [0.05, 0.1) is 12.7 Å². The van der Waals surface area contributed by atoms with Crippen LogP contribution in [0.4, 0.5) is 13.2 Å². The summed E-state index contributed by atoms with van der Waals surface area (Å²) < 4.78 is 44.4. The first-order chi connectivity index (χ1) is 8.11. The van der Waals surface area contributed by atoms with Crippen LogP contribution < -0.4 is 0 Å². The maximum absolute atomic E-state index is 13.5. The maximum Gasteiger partial charge on any atom is 0.194 e. The highest BCUT2D eigenvalue weighted by Gasteiger charge is 2.27. The van der Waals surface area contributed by atoms with Crippen LogP contribution in [0.15, 0.2) is 12.1 Å². The molecular weight excluding hydrogens is 233 g/mol. The van der Waals surface area contributed by atoms with E-state index in [1.54, 1.807) is 0 Å². The molecule has 1 saturated heterocycles. The number of ether oxygens (including phenoxy) is 1. The van der Waals surface area contributed by atoms with Gasteiger partial charge in [-0.3, -0.25) is 0 Å². The van der Waals surface area contributed by atoms with E-state index >= 15 is 0 Å². The van der Waals surface area contributed by atoms with Gasteiger partial charge in [0.25, 0.3) is 0 Å². The van der Waals surface area contributed by atoms with Crippen LogP contribution in [0.3, 0.4) is 0 Å². The molecular formula is C12H13F3O2. The molecule has 94 valence electrons. The van der Waals surface area contributed by atoms with Crippen molar-refractivity contribution in [3.63, 3.8) is 0 Å². The topological polar surface area (TPSA) is 29.5 Å². The molecule has 1 heterocycles. The predicted molar refractivity (Wildman–Crippen MR) is 54.8 cm³/mol. The Morgan fingerprint density at radius 3 is 2.65 bits per heavy atom. The van der Waals surface area contributed by atoms with E-state index in [4.69, 9.17) is 4.74 Å². The zero-order valence-electron chi connectivity index (χ0n) is 9.13. The van der Waals surface area contributed by atoms with Crippen molar-refractivity contribution in [3.05, 3.63) is 35.1 Å². The highest BCUT2D eigenvalue weighted by atomic mass is 19.2. The number of aliphatic hydroxyl groups excluding tert-OH is 1. The molecule has 2 unspecified atom stereocenters. The molecule has 0 saturated carbocycles. The highest BCUT2D eigenvalue weighted by Crippen LogP contribution is 2.31. The summed E-state index contributed by atoms with van der Waals surface area (Å²) >= 11 is 0. The van der Waals surface area contributed by atoms with Crippen LogP contribution >= 0.6 is 0 Å². The minimum atomic E-state index is -1.54. The minimum Gasteiger partial charge on any atom is -0.388 e. The average Bonchev–Trinajstić information content (AvgIpc) is 2.36. The maximum atomic E-state index is 13.5. The van der Waals surface area contributed by atoms with Crippen LogP contribution in [0.5, 0.6) is 0 Å². The van der Waals surface area contributed by atoms with Crippen molar-refractivity contribution in [1.29, 1.82) is 0 Å². The largest absolute Gasteiger partial charge is 0.388 e. The summed E-state index contributed by atoms with van der Waals surface area (Å²) in [5.41, 5.74) is -0.209. The Hall–Kier alpha value is -1.07. The summed E-state index contributed by atoms with van der Waals surface area (Å²) in [5.74, 6) is -4.39. The van der Waals surface area contributed by atoms with Gasteiger partial charge in [-0.25, -0.2) is 13.2 Å². The van der Waals surface area contributed by atoms with Crippen LogP contribution in [0.2, 0.25) is 0 Å². The fourth-order valence-corrected chi connectivity index (χ4v) is 2.04. The van der Waals surface area contributed by atoms with Crippen molar-refractivity contribution in [2.75, 3.05) is 13.2 Å². The molecule has 17 heavy (non-hydrogen) atoms. The van der Waals surface area contributed by atoms with Crippen molar-refractivity contribution >= 4 is 0 Å². The van der Waals surface area contributed by atoms with Crippen LogP contribution in [-0.4, -0.2) is 18.3 Å². The fourth-order valence-electron chi connectivity index (χ4n) is 2.04. The van der Waals surface area contributed by atoms with E-state index < -0.39 is 23.6 Å². The number of benzene rings is 1. The molecule has 1 aliphatic heterocycles. The second-order valence-corrected chi connectivity index (χ2v) is 4.19. The zero-order valence-corrected chi connectivity index (χ0v) is 9.13. The molecule has 2 atom stereocenters. The Bertz CT molecular complexity index is 403. The molecule has 5 heteroatoms. The van der Waals surface area contributed by atoms with Crippen LogP contribution in [0, 0.1) is 23.4 Å². The van der Waals surface area contributed by atoms with Crippen LogP contribution in [0.1, 0.15) is 24.5 Å². The van der Waals surface area contributed by atoms with Crippen molar-refractivity contribution in [3.8, 4) is 0 Å². The quantitative estimate of drug-likeness (QED) is 0.813. The lowest BCUT2D eigenvalue weighted by Gasteiger charge is -2.27. The predicted octanol–water partition coefficient (Wildman–Crippen LogP) is 2.56. The third kappa shape index (κ3) is 2.45. The van der Waals surface area contributed by atoms with E-state index in [-0.39, 0.29) is 11.5 Å². The lowest BCUT2D eigenvalue weighted by molar-refractivity contribution is -0.0114. The van der Waals surface area contributed by atoms with Crippen molar-refractivity contribution < 1.29 is 23.0 Å². The van der Waals surface area contributed by atoms with Gasteiger partial charge in [-0.15, -0.1) is 0 Å². The smallest absolute Gasteiger partial charge is 0.194 e. The van der Waals surface area contributed by atoms with Gasteiger partial charge < -0.3 is 9.84 Å². The highest BCUT2D eigenvalue weighted by molar-refractivity contribution is 5.23. The summed E-state index contributed by atoms with van der Waals surface area (Å²) in [4.78, 5) is 0. The van der Waals surface area contributed by atoms with E-state index in [2.05, 4.69) is 0 Å². The second-order valence-electron chi connectivity index (χ2n) is 4.19. The van der Waals surface area contributed by atoms with Gasteiger partial charge in [0.1, 0.15) is 0 Å².